The first kappa shape index (κ1) is 26.6. The number of aromatic nitrogens is 2. The number of piperidine rings is 1. The lowest BCUT2D eigenvalue weighted by Crippen LogP contribution is -2.47. The molecule has 0 saturated carbocycles. The van der Waals surface area contributed by atoms with Crippen molar-refractivity contribution in [3.63, 3.8) is 0 Å². The van der Waals surface area contributed by atoms with Crippen molar-refractivity contribution in [1.82, 2.24) is 19.8 Å². The van der Waals surface area contributed by atoms with E-state index in [0.29, 0.717) is 0 Å². The number of fused-ring (bicyclic) bond motifs is 1. The lowest BCUT2D eigenvalue weighted by Gasteiger charge is -2.35. The second-order valence-electron chi connectivity index (χ2n) is 11.1. The molecule has 39 heavy (non-hydrogen) atoms. The number of benzene rings is 3. The molecule has 1 aromatic heterocycles. The molecule has 2 amide bonds. The first-order valence-electron chi connectivity index (χ1n) is 13.6. The average molecular weight is 525 g/mol. The van der Waals surface area contributed by atoms with Crippen LogP contribution in [0.1, 0.15) is 45.2 Å². The van der Waals surface area contributed by atoms with Crippen molar-refractivity contribution >= 4 is 23.0 Å². The Labute approximate surface area is 229 Å². The van der Waals surface area contributed by atoms with Crippen molar-refractivity contribution in [2.75, 3.05) is 13.1 Å². The van der Waals surface area contributed by atoms with E-state index >= 15 is 0 Å². The number of amides is 2. The zero-order valence-electron chi connectivity index (χ0n) is 22.8. The smallest absolute Gasteiger partial charge is 0.417 e. The molecule has 0 bridgehead atoms. The number of ether oxygens (including phenoxy) is 1. The normalized spacial score (nSPS) is 15.2. The molecule has 0 spiro atoms. The summed E-state index contributed by atoms with van der Waals surface area (Å²) >= 11 is 0. The van der Waals surface area contributed by atoms with Crippen LogP contribution in [-0.4, -0.2) is 45.1 Å². The van der Waals surface area contributed by atoms with Gasteiger partial charge in [0, 0.05) is 5.56 Å². The Morgan fingerprint density at radius 2 is 1.56 bits per heavy atom. The highest BCUT2D eigenvalue weighted by atomic mass is 16.6. The first-order chi connectivity index (χ1) is 18.8. The number of nitrogens with one attached hydrogen (secondary N) is 1. The highest BCUT2D eigenvalue weighted by Crippen LogP contribution is 2.37. The lowest BCUT2D eigenvalue weighted by atomic mass is 9.88. The summed E-state index contributed by atoms with van der Waals surface area (Å²) in [4.78, 5) is 34.7. The highest BCUT2D eigenvalue weighted by Gasteiger charge is 2.40. The van der Waals surface area contributed by atoms with Gasteiger partial charge in [-0.1, -0.05) is 72.8 Å². The van der Waals surface area contributed by atoms with Crippen LogP contribution in [0, 0.1) is 5.92 Å². The second-order valence-corrected chi connectivity index (χ2v) is 11.1. The average Bonchev–Trinajstić information content (AvgIpc) is 3.32. The van der Waals surface area contributed by atoms with E-state index in [2.05, 4.69) is 9.88 Å². The molecule has 3 aromatic carbocycles. The van der Waals surface area contributed by atoms with Crippen LogP contribution >= 0.6 is 0 Å². The summed E-state index contributed by atoms with van der Waals surface area (Å²) in [6, 6.07) is 26.8. The van der Waals surface area contributed by atoms with Crippen molar-refractivity contribution < 1.29 is 14.3 Å². The minimum atomic E-state index is -0.743. The van der Waals surface area contributed by atoms with Gasteiger partial charge in [0.2, 0.25) is 0 Å². The number of rotatable bonds is 6. The Morgan fingerprint density at radius 3 is 2.23 bits per heavy atom. The van der Waals surface area contributed by atoms with Crippen LogP contribution in [0.25, 0.3) is 22.4 Å². The van der Waals surface area contributed by atoms with E-state index in [0.717, 1.165) is 53.9 Å². The number of carbonyl (C=O) groups excluding carboxylic acids is 2. The molecule has 2 heterocycles. The molecule has 1 N–H and O–H groups in total. The maximum absolute atomic E-state index is 14.8. The summed E-state index contributed by atoms with van der Waals surface area (Å²) in [5.41, 5.74) is 2.73. The van der Waals surface area contributed by atoms with Crippen LogP contribution in [0.4, 0.5) is 4.79 Å². The Hall–Kier alpha value is -3.97. The molecule has 1 atom stereocenters. The molecule has 1 unspecified atom stereocenters. The molecular weight excluding hydrogens is 488 g/mol. The number of hydrogen-bond donors (Lipinski definition) is 1. The van der Waals surface area contributed by atoms with E-state index in [1.807, 2.05) is 106 Å². The molecule has 1 aliphatic heterocycles. The molecule has 1 saturated heterocycles. The summed E-state index contributed by atoms with van der Waals surface area (Å²) in [6.45, 7) is 7.20. The number of carbonyl (C=O) groups is 2. The largest absolute Gasteiger partial charge is 0.443 e. The Morgan fingerprint density at radius 1 is 0.949 bits per heavy atom. The van der Waals surface area contributed by atoms with Gasteiger partial charge in [0.25, 0.3) is 5.91 Å². The van der Waals surface area contributed by atoms with E-state index in [1.54, 1.807) is 0 Å². The van der Waals surface area contributed by atoms with Gasteiger partial charge >= 0.3 is 6.09 Å². The molecular formula is C32H36N4O3. The molecule has 7 nitrogen and oxygen atoms in total. The summed E-state index contributed by atoms with van der Waals surface area (Å²) in [6.07, 6.45) is 0.982. The molecule has 7 heteroatoms. The quantitative estimate of drug-likeness (QED) is 0.325. The van der Waals surface area contributed by atoms with Crippen molar-refractivity contribution in [1.29, 1.82) is 0 Å². The molecule has 202 valence electrons. The molecule has 1 aliphatic rings. The number of imidazole rings is 1. The number of para-hydroxylation sites is 2. The van der Waals surface area contributed by atoms with Crippen LogP contribution < -0.4 is 5.32 Å². The van der Waals surface area contributed by atoms with Crippen molar-refractivity contribution in [2.24, 2.45) is 5.92 Å². The zero-order chi connectivity index (χ0) is 27.4. The molecule has 1 fully saturated rings. The minimum Gasteiger partial charge on any atom is -0.443 e. The summed E-state index contributed by atoms with van der Waals surface area (Å²) < 4.78 is 7.84. The van der Waals surface area contributed by atoms with Gasteiger partial charge in [-0.3, -0.25) is 4.79 Å². The van der Waals surface area contributed by atoms with Gasteiger partial charge in [-0.05, 0) is 70.3 Å². The van der Waals surface area contributed by atoms with E-state index < -0.39 is 17.7 Å². The second kappa shape index (κ2) is 11.4. The van der Waals surface area contributed by atoms with Crippen LogP contribution in [-0.2, 0) is 16.1 Å². The standard InChI is InChI=1S/C32H36N4O3/c1-32(2,3)39-31(38)35(22-23-12-6-4-7-13-23)30(37)28(24-18-20-33-21-19-24)36-27-17-11-10-16-26(27)34-29(36)25-14-8-5-9-15-25/h4-17,24,28,33H,18-22H2,1-3H3. The van der Waals surface area contributed by atoms with Crippen LogP contribution in [0.5, 0.6) is 0 Å². The van der Waals surface area contributed by atoms with Gasteiger partial charge < -0.3 is 14.6 Å². The topological polar surface area (TPSA) is 76.5 Å². The van der Waals surface area contributed by atoms with Crippen molar-refractivity contribution in [2.45, 2.75) is 51.8 Å². The maximum Gasteiger partial charge on any atom is 0.417 e. The Bertz CT molecular complexity index is 1420. The van der Waals surface area contributed by atoms with Crippen LogP contribution in [0.2, 0.25) is 0 Å². The van der Waals surface area contributed by atoms with Gasteiger partial charge in [-0.2, -0.15) is 0 Å². The maximum atomic E-state index is 14.8. The third-order valence-electron chi connectivity index (χ3n) is 7.05. The van der Waals surface area contributed by atoms with Crippen LogP contribution in [0.3, 0.4) is 0 Å². The monoisotopic (exact) mass is 524 g/mol. The SMILES string of the molecule is CC(C)(C)OC(=O)N(Cc1ccccc1)C(=O)C(C1CCNCC1)n1c(-c2ccccc2)nc2ccccc21. The van der Waals surface area contributed by atoms with Gasteiger partial charge in [-0.15, -0.1) is 0 Å². The first-order valence-corrected chi connectivity index (χ1v) is 13.6. The number of nitrogens with zero attached hydrogens (tertiary/aromatic N) is 3. The van der Waals surface area contributed by atoms with Crippen molar-refractivity contribution in [3.05, 3.63) is 90.5 Å². The van der Waals surface area contributed by atoms with E-state index in [1.165, 1.54) is 4.90 Å². The molecule has 4 aromatic rings. The van der Waals surface area contributed by atoms with E-state index in [4.69, 9.17) is 9.72 Å². The lowest BCUT2D eigenvalue weighted by molar-refractivity contribution is -0.136. The van der Waals surface area contributed by atoms with Gasteiger partial charge in [-0.25, -0.2) is 14.7 Å². The summed E-state index contributed by atoms with van der Waals surface area (Å²) in [5, 5.41) is 3.42. The number of imide groups is 1. The predicted octanol–water partition coefficient (Wildman–Crippen LogP) is 6.21. The summed E-state index contributed by atoms with van der Waals surface area (Å²) in [5.74, 6) is 0.456. The molecule has 0 aliphatic carbocycles. The van der Waals surface area contributed by atoms with E-state index in [-0.39, 0.29) is 18.4 Å². The summed E-state index contributed by atoms with van der Waals surface area (Å²) in [7, 11) is 0. The van der Waals surface area contributed by atoms with Gasteiger partial charge in [0.1, 0.15) is 17.5 Å². The fourth-order valence-electron chi connectivity index (χ4n) is 5.27. The molecule has 0 radical (unpaired) electrons. The van der Waals surface area contributed by atoms with Crippen LogP contribution in [0.15, 0.2) is 84.9 Å². The highest BCUT2D eigenvalue weighted by molar-refractivity contribution is 5.96. The van der Waals surface area contributed by atoms with Crippen molar-refractivity contribution in [3.8, 4) is 11.4 Å². The fraction of sp³-hybridized carbons (Fsp3) is 0.344. The Kier molecular flexibility index (Phi) is 7.79. The third kappa shape index (κ3) is 6.04. The molecule has 5 rings (SSSR count). The zero-order valence-corrected chi connectivity index (χ0v) is 22.8. The van der Waals surface area contributed by atoms with Gasteiger partial charge in [0.05, 0.1) is 17.6 Å². The third-order valence-corrected chi connectivity index (χ3v) is 7.05. The fourth-order valence-corrected chi connectivity index (χ4v) is 5.27. The minimum absolute atomic E-state index is 0.0135. The van der Waals surface area contributed by atoms with Gasteiger partial charge in [0.15, 0.2) is 0 Å². The predicted molar refractivity (Wildman–Crippen MR) is 153 cm³/mol. The van der Waals surface area contributed by atoms with E-state index in [9.17, 15) is 9.59 Å². The number of hydrogen-bond acceptors (Lipinski definition) is 5. The Balaban J connectivity index is 1.67.